The molecule has 1 heterocycles. The molecule has 2 atom stereocenters. The molecule has 7 nitrogen and oxygen atoms in total. The molecule has 0 aromatic rings. The second-order valence-corrected chi connectivity index (χ2v) is 4.93. The molecule has 0 aromatic heterocycles. The van der Waals surface area contributed by atoms with Crippen LogP contribution < -0.4 is 10.6 Å². The summed E-state index contributed by atoms with van der Waals surface area (Å²) in [4.78, 5) is 22.3. The van der Waals surface area contributed by atoms with Crippen molar-refractivity contribution in [1.82, 2.24) is 10.6 Å². The van der Waals surface area contributed by atoms with Crippen molar-refractivity contribution in [2.75, 3.05) is 26.9 Å². The minimum Gasteiger partial charge on any atom is -0.479 e. The van der Waals surface area contributed by atoms with Crippen LogP contribution in [0.25, 0.3) is 0 Å². The number of hydrogen-bond donors (Lipinski definition) is 3. The number of urea groups is 1. The zero-order chi connectivity index (χ0) is 16.3. The molecule has 10 heteroatoms. The Labute approximate surface area is 118 Å². The average Bonchev–Trinajstić information content (AvgIpc) is 2.84. The van der Waals surface area contributed by atoms with E-state index in [-0.39, 0.29) is 13.2 Å². The second-order valence-electron chi connectivity index (χ2n) is 4.93. The van der Waals surface area contributed by atoms with Gasteiger partial charge in [0.2, 0.25) is 5.54 Å². The van der Waals surface area contributed by atoms with E-state index in [4.69, 9.17) is 14.6 Å². The zero-order valence-electron chi connectivity index (χ0n) is 11.5. The van der Waals surface area contributed by atoms with Crippen LogP contribution in [0.15, 0.2) is 0 Å². The fourth-order valence-electron chi connectivity index (χ4n) is 1.72. The lowest BCUT2D eigenvalue weighted by Crippen LogP contribution is -2.64. The highest BCUT2D eigenvalue weighted by Crippen LogP contribution is 2.30. The van der Waals surface area contributed by atoms with Crippen molar-refractivity contribution in [2.24, 2.45) is 0 Å². The number of carboxylic acids is 1. The molecular formula is C11H17F3N2O5. The molecule has 1 rings (SSSR count). The summed E-state index contributed by atoms with van der Waals surface area (Å²) in [6.45, 7) is 0.883. The van der Waals surface area contributed by atoms with Gasteiger partial charge in [0.05, 0.1) is 13.2 Å². The van der Waals surface area contributed by atoms with Gasteiger partial charge in [-0.15, -0.1) is 0 Å². The average molecular weight is 314 g/mol. The number of carbonyl (C=O) groups is 2. The van der Waals surface area contributed by atoms with E-state index in [0.717, 1.165) is 0 Å². The van der Waals surface area contributed by atoms with Crippen LogP contribution in [0.1, 0.15) is 13.3 Å². The third kappa shape index (κ3) is 3.76. The number of aliphatic carboxylic acids is 1. The highest BCUT2D eigenvalue weighted by Gasteiger charge is 2.58. The van der Waals surface area contributed by atoms with E-state index in [1.807, 2.05) is 0 Å². The van der Waals surface area contributed by atoms with Crippen LogP contribution in [0.4, 0.5) is 18.0 Å². The molecule has 0 radical (unpaired) electrons. The lowest BCUT2D eigenvalue weighted by Gasteiger charge is -2.30. The van der Waals surface area contributed by atoms with E-state index in [0.29, 0.717) is 20.0 Å². The van der Waals surface area contributed by atoms with E-state index in [1.54, 1.807) is 0 Å². The van der Waals surface area contributed by atoms with Crippen LogP contribution >= 0.6 is 0 Å². The molecule has 0 bridgehead atoms. The molecule has 0 aliphatic carbocycles. The summed E-state index contributed by atoms with van der Waals surface area (Å²) in [5.74, 6) is -2.20. The Morgan fingerprint density at radius 2 is 2.05 bits per heavy atom. The van der Waals surface area contributed by atoms with Gasteiger partial charge >= 0.3 is 18.2 Å². The van der Waals surface area contributed by atoms with Crippen LogP contribution in [0.5, 0.6) is 0 Å². The molecule has 0 aromatic carbocycles. The number of methoxy groups -OCH3 is 1. The molecule has 3 N–H and O–H groups in total. The number of hydrogen-bond acceptors (Lipinski definition) is 4. The number of nitrogens with one attached hydrogen (secondary N) is 2. The Morgan fingerprint density at radius 3 is 2.43 bits per heavy atom. The third-order valence-electron chi connectivity index (χ3n) is 3.43. The minimum absolute atomic E-state index is 0.0944. The Bertz CT molecular complexity index is 409. The van der Waals surface area contributed by atoms with Crippen molar-refractivity contribution in [3.63, 3.8) is 0 Å². The Morgan fingerprint density at radius 1 is 1.43 bits per heavy atom. The second kappa shape index (κ2) is 6.06. The molecule has 122 valence electrons. The lowest BCUT2D eigenvalue weighted by molar-refractivity contribution is -0.203. The summed E-state index contributed by atoms with van der Waals surface area (Å²) < 4.78 is 48.5. The smallest absolute Gasteiger partial charge is 0.422 e. The highest BCUT2D eigenvalue weighted by atomic mass is 19.4. The van der Waals surface area contributed by atoms with Gasteiger partial charge < -0.3 is 25.2 Å². The normalized spacial score (nSPS) is 25.2. The van der Waals surface area contributed by atoms with Crippen molar-refractivity contribution in [2.45, 2.75) is 30.7 Å². The fraction of sp³-hybridized carbons (Fsp3) is 0.818. The van der Waals surface area contributed by atoms with Crippen LogP contribution in [0.3, 0.4) is 0 Å². The largest absolute Gasteiger partial charge is 0.479 e. The SMILES string of the molecule is COC1(CNC(=O)NC(C)(C(=O)O)C(F)(F)F)CCOC1. The van der Waals surface area contributed by atoms with Gasteiger partial charge in [0.25, 0.3) is 0 Å². The number of halogens is 3. The fourth-order valence-corrected chi connectivity index (χ4v) is 1.72. The Kier molecular flexibility index (Phi) is 5.05. The van der Waals surface area contributed by atoms with Crippen molar-refractivity contribution >= 4 is 12.0 Å². The third-order valence-corrected chi connectivity index (χ3v) is 3.43. The van der Waals surface area contributed by atoms with Crippen LogP contribution in [-0.2, 0) is 14.3 Å². The molecule has 1 aliphatic heterocycles. The van der Waals surface area contributed by atoms with Crippen LogP contribution in [0, 0.1) is 0 Å². The Hall–Kier alpha value is -1.55. The van der Waals surface area contributed by atoms with Gasteiger partial charge in [0.15, 0.2) is 0 Å². The molecular weight excluding hydrogens is 297 g/mol. The maximum atomic E-state index is 12.7. The molecule has 1 aliphatic rings. The zero-order valence-corrected chi connectivity index (χ0v) is 11.5. The first-order valence-corrected chi connectivity index (χ1v) is 6.05. The van der Waals surface area contributed by atoms with E-state index in [2.05, 4.69) is 5.32 Å². The minimum atomic E-state index is -5.13. The maximum Gasteiger partial charge on any atom is 0.422 e. The molecule has 0 spiro atoms. The molecule has 21 heavy (non-hydrogen) atoms. The number of ether oxygens (including phenoxy) is 2. The summed E-state index contributed by atoms with van der Waals surface area (Å²) in [5.41, 5.74) is -4.18. The first kappa shape index (κ1) is 17.5. The van der Waals surface area contributed by atoms with Gasteiger partial charge in [0.1, 0.15) is 5.60 Å². The highest BCUT2D eigenvalue weighted by molar-refractivity contribution is 5.86. The van der Waals surface area contributed by atoms with Crippen molar-refractivity contribution < 1.29 is 37.3 Å². The van der Waals surface area contributed by atoms with Crippen LogP contribution in [0.2, 0.25) is 0 Å². The number of carbonyl (C=O) groups excluding carboxylic acids is 1. The summed E-state index contributed by atoms with van der Waals surface area (Å²) in [5, 5.41) is 12.3. The van der Waals surface area contributed by atoms with Gasteiger partial charge in [-0.3, -0.25) is 0 Å². The Balaban J connectivity index is 2.65. The van der Waals surface area contributed by atoms with Gasteiger partial charge in [-0.05, 0) is 6.92 Å². The van der Waals surface area contributed by atoms with Crippen molar-refractivity contribution in [3.8, 4) is 0 Å². The van der Waals surface area contributed by atoms with E-state index in [1.165, 1.54) is 12.4 Å². The van der Waals surface area contributed by atoms with E-state index >= 15 is 0 Å². The quantitative estimate of drug-likeness (QED) is 0.686. The molecule has 2 amide bonds. The lowest BCUT2D eigenvalue weighted by atomic mass is 10.0. The molecule has 1 saturated heterocycles. The summed E-state index contributed by atoms with van der Waals surface area (Å²) >= 11 is 0. The predicted molar refractivity (Wildman–Crippen MR) is 63.8 cm³/mol. The summed E-state index contributed by atoms with van der Waals surface area (Å²) in [7, 11) is 1.39. The van der Waals surface area contributed by atoms with Gasteiger partial charge in [-0.2, -0.15) is 13.2 Å². The maximum absolute atomic E-state index is 12.7. The number of rotatable bonds is 5. The first-order chi connectivity index (χ1) is 9.56. The summed E-state index contributed by atoms with van der Waals surface area (Å²) in [6, 6.07) is -1.25. The standard InChI is InChI=1S/C11H17F3N2O5/c1-9(7(17)18,11(12,13)14)16-8(19)15-5-10(20-2)3-4-21-6-10/h3-6H2,1-2H3,(H,17,18)(H2,15,16,19). The van der Waals surface area contributed by atoms with Gasteiger partial charge in [-0.25, -0.2) is 9.59 Å². The van der Waals surface area contributed by atoms with E-state index in [9.17, 15) is 22.8 Å². The topological polar surface area (TPSA) is 96.9 Å². The van der Waals surface area contributed by atoms with Gasteiger partial charge in [-0.1, -0.05) is 0 Å². The molecule has 2 unspecified atom stereocenters. The van der Waals surface area contributed by atoms with Crippen molar-refractivity contribution in [1.29, 1.82) is 0 Å². The van der Waals surface area contributed by atoms with Crippen LogP contribution in [-0.4, -0.2) is 61.3 Å². The van der Waals surface area contributed by atoms with Crippen molar-refractivity contribution in [3.05, 3.63) is 0 Å². The van der Waals surface area contributed by atoms with E-state index < -0.39 is 29.3 Å². The predicted octanol–water partition coefficient (Wildman–Crippen LogP) is 0.497. The number of amides is 2. The number of carboxylic acid groups (broad SMARTS) is 1. The van der Waals surface area contributed by atoms with Gasteiger partial charge in [0, 0.05) is 20.1 Å². The monoisotopic (exact) mass is 314 g/mol. The summed E-state index contributed by atoms with van der Waals surface area (Å²) in [6.07, 6.45) is -4.66. The molecule has 1 fully saturated rings. The number of alkyl halides is 3. The molecule has 0 saturated carbocycles. The first-order valence-electron chi connectivity index (χ1n) is 6.05.